The first kappa shape index (κ1) is 12.6. The number of likely N-dealkylation sites (N-methyl/N-ethyl adjacent to an activating group) is 1. The highest BCUT2D eigenvalue weighted by Crippen LogP contribution is 2.30. The van der Waals surface area contributed by atoms with Crippen LogP contribution < -0.4 is 20.1 Å². The Morgan fingerprint density at radius 2 is 1.88 bits per heavy atom. The zero-order valence-corrected chi connectivity index (χ0v) is 10.4. The van der Waals surface area contributed by atoms with E-state index < -0.39 is 0 Å². The van der Waals surface area contributed by atoms with E-state index in [-0.39, 0.29) is 6.04 Å². The van der Waals surface area contributed by atoms with Crippen LogP contribution in [0.2, 0.25) is 0 Å². The Morgan fingerprint density at radius 3 is 2.38 bits per heavy atom. The summed E-state index contributed by atoms with van der Waals surface area (Å²) in [6, 6.07) is 5.97. The first-order chi connectivity index (χ1) is 7.58. The lowest BCUT2D eigenvalue weighted by Gasteiger charge is -2.22. The molecule has 1 unspecified atom stereocenters. The fourth-order valence-corrected chi connectivity index (χ4v) is 1.60. The van der Waals surface area contributed by atoms with Gasteiger partial charge in [-0.2, -0.15) is 0 Å². The number of hydrogen-bond donors (Lipinski definition) is 1. The van der Waals surface area contributed by atoms with Crippen molar-refractivity contribution < 1.29 is 9.47 Å². The van der Waals surface area contributed by atoms with E-state index in [9.17, 15) is 0 Å². The van der Waals surface area contributed by atoms with E-state index >= 15 is 0 Å². The number of nitrogens with zero attached hydrogens (tertiary/aromatic N) is 1. The van der Waals surface area contributed by atoms with Gasteiger partial charge in [-0.15, -0.1) is 0 Å². The highest BCUT2D eigenvalue weighted by atomic mass is 16.5. The Balaban J connectivity index is 2.89. The Bertz CT molecular complexity index is 340. The van der Waals surface area contributed by atoms with Crippen LogP contribution in [0.25, 0.3) is 0 Å². The molecule has 1 aromatic carbocycles. The van der Waals surface area contributed by atoms with Crippen LogP contribution >= 0.6 is 0 Å². The first-order valence-electron chi connectivity index (χ1n) is 5.27. The summed E-state index contributed by atoms with van der Waals surface area (Å²) in [5.41, 5.74) is 6.82. The van der Waals surface area contributed by atoms with Gasteiger partial charge in [0, 0.05) is 31.4 Å². The second-order valence-electron chi connectivity index (χ2n) is 3.90. The molecule has 0 fully saturated rings. The van der Waals surface area contributed by atoms with Crippen molar-refractivity contribution >= 4 is 5.69 Å². The molecule has 90 valence electrons. The molecule has 0 radical (unpaired) electrons. The van der Waals surface area contributed by atoms with Gasteiger partial charge in [-0.3, -0.25) is 0 Å². The van der Waals surface area contributed by atoms with Crippen molar-refractivity contribution in [2.45, 2.75) is 13.0 Å². The fourth-order valence-electron chi connectivity index (χ4n) is 1.60. The third-order valence-electron chi connectivity index (χ3n) is 2.37. The normalized spacial score (nSPS) is 12.1. The topological polar surface area (TPSA) is 47.7 Å². The Morgan fingerprint density at radius 1 is 1.25 bits per heavy atom. The molecule has 0 spiro atoms. The smallest absolute Gasteiger partial charge is 0.162 e. The van der Waals surface area contributed by atoms with Gasteiger partial charge in [0.15, 0.2) is 11.5 Å². The molecule has 0 aliphatic heterocycles. The summed E-state index contributed by atoms with van der Waals surface area (Å²) in [7, 11) is 5.26. The number of methoxy groups -OCH3 is 2. The van der Waals surface area contributed by atoms with E-state index in [1.54, 1.807) is 14.2 Å². The zero-order chi connectivity index (χ0) is 12.1. The minimum Gasteiger partial charge on any atom is -0.493 e. The van der Waals surface area contributed by atoms with E-state index in [1.165, 1.54) is 0 Å². The van der Waals surface area contributed by atoms with Gasteiger partial charge in [-0.05, 0) is 19.1 Å². The molecule has 4 nitrogen and oxygen atoms in total. The number of hydrogen-bond acceptors (Lipinski definition) is 4. The van der Waals surface area contributed by atoms with E-state index in [2.05, 4.69) is 4.90 Å². The molecule has 0 aromatic heterocycles. The summed E-state index contributed by atoms with van der Waals surface area (Å²) in [6.07, 6.45) is 0. The average molecular weight is 224 g/mol. The van der Waals surface area contributed by atoms with Gasteiger partial charge < -0.3 is 20.1 Å². The molecule has 1 aromatic rings. The number of anilines is 1. The average Bonchev–Trinajstić information content (AvgIpc) is 2.27. The second kappa shape index (κ2) is 5.61. The Kier molecular flexibility index (Phi) is 4.43. The molecule has 2 N–H and O–H groups in total. The van der Waals surface area contributed by atoms with Crippen molar-refractivity contribution in [3.63, 3.8) is 0 Å². The van der Waals surface area contributed by atoms with Crippen molar-refractivity contribution in [3.05, 3.63) is 18.2 Å². The van der Waals surface area contributed by atoms with E-state index in [0.717, 1.165) is 23.7 Å². The molecule has 0 saturated carbocycles. The lowest BCUT2D eigenvalue weighted by molar-refractivity contribution is 0.355. The largest absolute Gasteiger partial charge is 0.493 e. The van der Waals surface area contributed by atoms with Gasteiger partial charge in [-0.1, -0.05) is 0 Å². The number of ether oxygens (including phenoxy) is 2. The van der Waals surface area contributed by atoms with E-state index in [0.29, 0.717) is 0 Å². The van der Waals surface area contributed by atoms with Crippen molar-refractivity contribution in [1.82, 2.24) is 0 Å². The number of benzene rings is 1. The summed E-state index contributed by atoms with van der Waals surface area (Å²) in [6.45, 7) is 2.78. The first-order valence-corrected chi connectivity index (χ1v) is 5.27. The van der Waals surface area contributed by atoms with Crippen molar-refractivity contribution in [2.75, 3.05) is 32.7 Å². The van der Waals surface area contributed by atoms with Gasteiger partial charge in [-0.25, -0.2) is 0 Å². The molecule has 1 atom stereocenters. The minimum absolute atomic E-state index is 0.137. The summed E-state index contributed by atoms with van der Waals surface area (Å²) in [5.74, 6) is 1.47. The summed E-state index contributed by atoms with van der Waals surface area (Å²) < 4.78 is 10.4. The SMILES string of the molecule is COc1ccc(N(C)CC(C)N)cc1OC. The van der Waals surface area contributed by atoms with Crippen LogP contribution in [0, 0.1) is 0 Å². The molecule has 0 bridgehead atoms. The molecule has 1 rings (SSSR count). The van der Waals surface area contributed by atoms with Crippen LogP contribution in [0.1, 0.15) is 6.92 Å². The third kappa shape index (κ3) is 3.03. The van der Waals surface area contributed by atoms with E-state index in [4.69, 9.17) is 15.2 Å². The van der Waals surface area contributed by atoms with Crippen LogP contribution in [0.4, 0.5) is 5.69 Å². The van der Waals surface area contributed by atoms with Crippen LogP contribution in [-0.4, -0.2) is 33.9 Å². The molecule has 16 heavy (non-hydrogen) atoms. The van der Waals surface area contributed by atoms with Crippen LogP contribution in [0.5, 0.6) is 11.5 Å². The summed E-state index contributed by atoms with van der Waals surface area (Å²) in [4.78, 5) is 2.09. The lowest BCUT2D eigenvalue weighted by atomic mass is 10.2. The summed E-state index contributed by atoms with van der Waals surface area (Å²) >= 11 is 0. The molecule has 0 amide bonds. The van der Waals surface area contributed by atoms with Gasteiger partial charge in [0.05, 0.1) is 14.2 Å². The maximum Gasteiger partial charge on any atom is 0.162 e. The molecule has 0 heterocycles. The lowest BCUT2D eigenvalue weighted by Crippen LogP contribution is -2.32. The monoisotopic (exact) mass is 224 g/mol. The van der Waals surface area contributed by atoms with Gasteiger partial charge >= 0.3 is 0 Å². The molecule has 0 aliphatic rings. The number of rotatable bonds is 5. The predicted octanol–water partition coefficient (Wildman–Crippen LogP) is 1.49. The van der Waals surface area contributed by atoms with Crippen molar-refractivity contribution in [1.29, 1.82) is 0 Å². The molecule has 4 heteroatoms. The van der Waals surface area contributed by atoms with Crippen molar-refractivity contribution in [2.24, 2.45) is 5.73 Å². The fraction of sp³-hybridized carbons (Fsp3) is 0.500. The molecule has 0 aliphatic carbocycles. The summed E-state index contributed by atoms with van der Waals surface area (Å²) in [5, 5.41) is 0. The molecular weight excluding hydrogens is 204 g/mol. The van der Waals surface area contributed by atoms with Crippen molar-refractivity contribution in [3.8, 4) is 11.5 Å². The van der Waals surface area contributed by atoms with Gasteiger partial charge in [0.1, 0.15) is 0 Å². The minimum atomic E-state index is 0.137. The maximum atomic E-state index is 5.76. The second-order valence-corrected chi connectivity index (χ2v) is 3.90. The maximum absolute atomic E-state index is 5.76. The quantitative estimate of drug-likeness (QED) is 0.823. The van der Waals surface area contributed by atoms with Crippen LogP contribution in [0.15, 0.2) is 18.2 Å². The molecule has 0 saturated heterocycles. The highest BCUT2D eigenvalue weighted by Gasteiger charge is 2.08. The van der Waals surface area contributed by atoms with E-state index in [1.807, 2.05) is 32.2 Å². The molecular formula is C12H20N2O2. The van der Waals surface area contributed by atoms with Gasteiger partial charge in [0.25, 0.3) is 0 Å². The Hall–Kier alpha value is -1.42. The Labute approximate surface area is 96.9 Å². The zero-order valence-electron chi connectivity index (χ0n) is 10.4. The predicted molar refractivity (Wildman–Crippen MR) is 66.5 cm³/mol. The van der Waals surface area contributed by atoms with Gasteiger partial charge in [0.2, 0.25) is 0 Å². The van der Waals surface area contributed by atoms with Crippen LogP contribution in [0.3, 0.4) is 0 Å². The third-order valence-corrected chi connectivity index (χ3v) is 2.37. The highest BCUT2D eigenvalue weighted by molar-refractivity contribution is 5.56. The standard InChI is InChI=1S/C12H20N2O2/c1-9(13)8-14(2)10-5-6-11(15-3)12(7-10)16-4/h5-7,9H,8,13H2,1-4H3. The number of nitrogens with two attached hydrogens (primary N) is 1. The van der Waals surface area contributed by atoms with Crippen LogP contribution in [-0.2, 0) is 0 Å².